The van der Waals surface area contributed by atoms with E-state index in [1.165, 1.54) is 0 Å². The van der Waals surface area contributed by atoms with Gasteiger partial charge in [-0.25, -0.2) is 4.98 Å². The quantitative estimate of drug-likeness (QED) is 0.882. The molecule has 2 saturated heterocycles. The number of H-pyrrole nitrogens is 1. The van der Waals surface area contributed by atoms with Crippen molar-refractivity contribution in [1.82, 2.24) is 14.9 Å². The van der Waals surface area contributed by atoms with Gasteiger partial charge in [0.2, 0.25) is 0 Å². The number of likely N-dealkylation sites (tertiary alicyclic amines) is 1. The first-order valence-corrected chi connectivity index (χ1v) is 8.17. The number of carbonyl (C=O) groups excluding carboxylic acids is 1. The van der Waals surface area contributed by atoms with Gasteiger partial charge in [-0.2, -0.15) is 0 Å². The molecule has 0 aromatic carbocycles. The molecule has 2 N–H and O–H groups in total. The zero-order valence-corrected chi connectivity index (χ0v) is 13.1. The smallest absolute Gasteiger partial charge is 0.254 e. The van der Waals surface area contributed by atoms with Crippen molar-refractivity contribution in [2.75, 3.05) is 26.3 Å². The summed E-state index contributed by atoms with van der Waals surface area (Å²) < 4.78 is 5.33. The van der Waals surface area contributed by atoms with Gasteiger partial charge in [0.15, 0.2) is 0 Å². The van der Waals surface area contributed by atoms with Crippen LogP contribution in [0.25, 0.3) is 0 Å². The van der Waals surface area contributed by atoms with Crippen LogP contribution in [0.2, 0.25) is 0 Å². The van der Waals surface area contributed by atoms with Crippen molar-refractivity contribution in [2.45, 2.75) is 44.1 Å². The number of imidazole rings is 1. The number of aliphatic hydroxyl groups is 1. The van der Waals surface area contributed by atoms with E-state index in [2.05, 4.69) is 9.97 Å². The van der Waals surface area contributed by atoms with E-state index in [1.807, 2.05) is 11.1 Å². The summed E-state index contributed by atoms with van der Waals surface area (Å²) in [7, 11) is 0. The van der Waals surface area contributed by atoms with Gasteiger partial charge < -0.3 is 19.7 Å². The number of hydrogen-bond donors (Lipinski definition) is 2. The van der Waals surface area contributed by atoms with E-state index < -0.39 is 5.60 Å². The molecule has 6 heteroatoms. The molecule has 1 amide bonds. The minimum Gasteiger partial charge on any atom is -0.381 e. The fourth-order valence-electron chi connectivity index (χ4n) is 3.64. The molecule has 0 aliphatic carbocycles. The van der Waals surface area contributed by atoms with Gasteiger partial charge in [-0.05, 0) is 32.6 Å². The number of hydrogen-bond acceptors (Lipinski definition) is 4. The molecule has 3 rings (SSSR count). The Balaban J connectivity index is 1.59. The Morgan fingerprint density at radius 3 is 2.64 bits per heavy atom. The molecular formula is C16H25N3O3. The number of nitrogens with zero attached hydrogens (tertiary/aromatic N) is 2. The minimum absolute atomic E-state index is 0.000851. The third-order valence-corrected chi connectivity index (χ3v) is 5.19. The van der Waals surface area contributed by atoms with Crippen LogP contribution in [0.3, 0.4) is 0 Å². The topological polar surface area (TPSA) is 78.5 Å². The van der Waals surface area contributed by atoms with Crippen molar-refractivity contribution in [2.24, 2.45) is 5.92 Å². The molecule has 0 spiro atoms. The highest BCUT2D eigenvalue weighted by atomic mass is 16.5. The highest BCUT2D eigenvalue weighted by molar-refractivity contribution is 5.85. The normalized spacial score (nSPS) is 24.2. The Kier molecular flexibility index (Phi) is 4.49. The average Bonchev–Trinajstić information content (AvgIpc) is 3.09. The lowest BCUT2D eigenvalue weighted by atomic mass is 9.81. The van der Waals surface area contributed by atoms with Crippen LogP contribution in [0, 0.1) is 5.92 Å². The first-order chi connectivity index (χ1) is 10.6. The molecule has 122 valence electrons. The molecule has 1 atom stereocenters. The van der Waals surface area contributed by atoms with Gasteiger partial charge in [0, 0.05) is 50.0 Å². The summed E-state index contributed by atoms with van der Waals surface area (Å²) in [5.74, 6) is 0.307. The molecule has 3 heterocycles. The fraction of sp³-hybridized carbons (Fsp3) is 0.750. The summed E-state index contributed by atoms with van der Waals surface area (Å²) in [5.41, 5.74) is -0.131. The maximum Gasteiger partial charge on any atom is 0.254 e. The van der Waals surface area contributed by atoms with Crippen molar-refractivity contribution in [3.63, 3.8) is 0 Å². The Hall–Kier alpha value is -1.40. The minimum atomic E-state index is -1.27. The van der Waals surface area contributed by atoms with Crippen molar-refractivity contribution in [3.05, 3.63) is 18.2 Å². The average molecular weight is 307 g/mol. The van der Waals surface area contributed by atoms with E-state index in [1.54, 1.807) is 13.3 Å². The largest absolute Gasteiger partial charge is 0.381 e. The number of ether oxygens (including phenoxy) is 1. The molecule has 2 aliphatic rings. The third-order valence-electron chi connectivity index (χ3n) is 5.19. The molecule has 1 unspecified atom stereocenters. The first kappa shape index (κ1) is 15.5. The van der Waals surface area contributed by atoms with E-state index in [0.717, 1.165) is 31.4 Å². The number of carbonyl (C=O) groups is 1. The lowest BCUT2D eigenvalue weighted by Gasteiger charge is -2.40. The van der Waals surface area contributed by atoms with E-state index >= 15 is 0 Å². The SMILES string of the molecule is CC(O)(C(=O)N1CCC(c2cnc[nH]2)CC1)C1CCOCC1. The first-order valence-electron chi connectivity index (χ1n) is 8.17. The standard InChI is InChI=1S/C16H25N3O3/c1-16(21,13-4-8-22-9-5-13)15(20)19-6-2-12(3-7-19)14-10-17-11-18-14/h10-13,21H,2-9H2,1H3,(H,17,18). The van der Waals surface area contributed by atoms with Gasteiger partial charge in [-0.1, -0.05) is 0 Å². The number of nitrogens with one attached hydrogen (secondary N) is 1. The van der Waals surface area contributed by atoms with Gasteiger partial charge >= 0.3 is 0 Å². The fourth-order valence-corrected chi connectivity index (χ4v) is 3.64. The maximum atomic E-state index is 12.7. The molecule has 1 aromatic heterocycles. The monoisotopic (exact) mass is 307 g/mol. The summed E-state index contributed by atoms with van der Waals surface area (Å²) in [4.78, 5) is 21.8. The molecule has 2 fully saturated rings. The summed E-state index contributed by atoms with van der Waals surface area (Å²) >= 11 is 0. The van der Waals surface area contributed by atoms with E-state index in [9.17, 15) is 9.90 Å². The number of amides is 1. The number of aromatic nitrogens is 2. The van der Waals surface area contributed by atoms with Crippen LogP contribution in [0.5, 0.6) is 0 Å². The van der Waals surface area contributed by atoms with Crippen LogP contribution in [0.15, 0.2) is 12.5 Å². The predicted molar refractivity (Wildman–Crippen MR) is 81.3 cm³/mol. The second kappa shape index (κ2) is 6.38. The van der Waals surface area contributed by atoms with E-state index in [-0.39, 0.29) is 11.8 Å². The van der Waals surface area contributed by atoms with Crippen LogP contribution < -0.4 is 0 Å². The summed E-state index contributed by atoms with van der Waals surface area (Å²) in [6.07, 6.45) is 6.89. The van der Waals surface area contributed by atoms with Gasteiger partial charge in [0.05, 0.1) is 6.33 Å². The Morgan fingerprint density at radius 1 is 1.36 bits per heavy atom. The van der Waals surface area contributed by atoms with Crippen molar-refractivity contribution in [1.29, 1.82) is 0 Å². The van der Waals surface area contributed by atoms with Gasteiger partial charge in [0.25, 0.3) is 5.91 Å². The second-order valence-electron chi connectivity index (χ2n) is 6.61. The van der Waals surface area contributed by atoms with Gasteiger partial charge in [-0.15, -0.1) is 0 Å². The van der Waals surface area contributed by atoms with Crippen molar-refractivity contribution < 1.29 is 14.6 Å². The summed E-state index contributed by atoms with van der Waals surface area (Å²) in [5, 5.41) is 10.7. The van der Waals surface area contributed by atoms with Crippen molar-refractivity contribution in [3.8, 4) is 0 Å². The molecule has 1 aromatic rings. The highest BCUT2D eigenvalue weighted by Gasteiger charge is 2.43. The Bertz CT molecular complexity index is 487. The molecule has 2 aliphatic heterocycles. The molecule has 6 nitrogen and oxygen atoms in total. The maximum absolute atomic E-state index is 12.7. The van der Waals surface area contributed by atoms with Crippen LogP contribution in [0.4, 0.5) is 0 Å². The Morgan fingerprint density at radius 2 is 2.05 bits per heavy atom. The third kappa shape index (κ3) is 3.03. The van der Waals surface area contributed by atoms with Crippen LogP contribution in [-0.4, -0.2) is 57.8 Å². The van der Waals surface area contributed by atoms with Gasteiger partial charge in [-0.3, -0.25) is 4.79 Å². The number of aromatic amines is 1. The van der Waals surface area contributed by atoms with Crippen LogP contribution >= 0.6 is 0 Å². The highest BCUT2D eigenvalue weighted by Crippen LogP contribution is 2.32. The van der Waals surface area contributed by atoms with E-state index in [4.69, 9.17) is 4.74 Å². The lowest BCUT2D eigenvalue weighted by Crippen LogP contribution is -2.54. The molecular weight excluding hydrogens is 282 g/mol. The second-order valence-corrected chi connectivity index (χ2v) is 6.61. The zero-order chi connectivity index (χ0) is 15.6. The van der Waals surface area contributed by atoms with Crippen LogP contribution in [0.1, 0.15) is 44.2 Å². The molecule has 22 heavy (non-hydrogen) atoms. The van der Waals surface area contributed by atoms with Crippen molar-refractivity contribution >= 4 is 5.91 Å². The van der Waals surface area contributed by atoms with E-state index in [0.29, 0.717) is 32.2 Å². The number of piperidine rings is 1. The molecule has 0 saturated carbocycles. The summed E-state index contributed by atoms with van der Waals surface area (Å²) in [6, 6.07) is 0. The molecule has 0 radical (unpaired) electrons. The Labute approximate surface area is 130 Å². The van der Waals surface area contributed by atoms with Crippen LogP contribution in [-0.2, 0) is 9.53 Å². The number of rotatable bonds is 3. The zero-order valence-electron chi connectivity index (χ0n) is 13.1. The predicted octanol–water partition coefficient (Wildman–Crippen LogP) is 1.29. The summed E-state index contributed by atoms with van der Waals surface area (Å²) in [6.45, 7) is 4.34. The van der Waals surface area contributed by atoms with Gasteiger partial charge in [0.1, 0.15) is 5.60 Å². The molecule has 0 bridgehead atoms. The lowest BCUT2D eigenvalue weighted by molar-refractivity contribution is -0.160.